The van der Waals surface area contributed by atoms with Gasteiger partial charge in [0, 0.05) is 0 Å². The molecule has 2 rings (SSSR count). The van der Waals surface area contributed by atoms with Gasteiger partial charge in [0.1, 0.15) is 11.6 Å². The molecule has 6 nitrogen and oxygen atoms in total. The maximum Gasteiger partial charge on any atom is 0.254 e. The standard InChI is InChI=1S/C7H7N4O2S/c12-2-4-1-6(14)9-7-8-5(3-13)10-11(4)7/h1,12-13H,2-3H2. The van der Waals surface area contributed by atoms with E-state index in [4.69, 9.17) is 22.8 Å². The molecule has 2 N–H and O–H groups in total. The Morgan fingerprint density at radius 1 is 1.29 bits per heavy atom. The Morgan fingerprint density at radius 2 is 2.07 bits per heavy atom. The zero-order valence-electron chi connectivity index (χ0n) is 7.08. The average Bonchev–Trinajstić information content (AvgIpc) is 2.59. The molecule has 0 aromatic carbocycles. The van der Waals surface area contributed by atoms with Gasteiger partial charge in [0.05, 0.1) is 12.3 Å². The molecule has 0 fully saturated rings. The van der Waals surface area contributed by atoms with Gasteiger partial charge in [-0.3, -0.25) is 0 Å². The number of aliphatic hydroxyl groups is 2. The molecule has 14 heavy (non-hydrogen) atoms. The van der Waals surface area contributed by atoms with Gasteiger partial charge < -0.3 is 10.2 Å². The number of aromatic nitrogens is 4. The predicted molar refractivity (Wildman–Crippen MR) is 48.5 cm³/mol. The summed E-state index contributed by atoms with van der Waals surface area (Å²) < 4.78 is 1.36. The van der Waals surface area contributed by atoms with Crippen LogP contribution >= 0.6 is 12.6 Å². The minimum absolute atomic E-state index is 0.198. The van der Waals surface area contributed by atoms with E-state index in [0.29, 0.717) is 16.5 Å². The van der Waals surface area contributed by atoms with E-state index in [1.165, 1.54) is 10.6 Å². The number of hydrogen-bond donors (Lipinski definition) is 2. The Labute approximate surface area is 84.7 Å². The summed E-state index contributed by atoms with van der Waals surface area (Å²) >= 11 is 4.87. The molecule has 73 valence electrons. The van der Waals surface area contributed by atoms with Crippen LogP contribution in [0.1, 0.15) is 11.5 Å². The Hall–Kier alpha value is -1.31. The van der Waals surface area contributed by atoms with Crippen LogP contribution in [-0.4, -0.2) is 29.8 Å². The molecular weight excluding hydrogens is 204 g/mol. The first kappa shape index (κ1) is 9.25. The van der Waals surface area contributed by atoms with Crippen molar-refractivity contribution in [3.8, 4) is 0 Å². The summed E-state index contributed by atoms with van der Waals surface area (Å²) in [5.41, 5.74) is 0.507. The molecule has 0 atom stereocenters. The highest BCUT2D eigenvalue weighted by atomic mass is 32.1. The summed E-state index contributed by atoms with van der Waals surface area (Å²) in [5.74, 6) is 0.554. The molecule has 2 heterocycles. The second-order valence-corrected chi connectivity index (χ2v) is 3.06. The van der Waals surface area contributed by atoms with Crippen LogP contribution in [0.15, 0.2) is 11.1 Å². The fraction of sp³-hybridized carbons (Fsp3) is 0.286. The Kier molecular flexibility index (Phi) is 2.28. The molecule has 0 aliphatic rings. The first-order chi connectivity index (χ1) is 6.74. The van der Waals surface area contributed by atoms with E-state index in [9.17, 15) is 0 Å². The zero-order valence-corrected chi connectivity index (χ0v) is 7.90. The summed E-state index contributed by atoms with van der Waals surface area (Å²) in [6, 6.07) is 1.54. The molecule has 0 spiro atoms. The van der Waals surface area contributed by atoms with E-state index < -0.39 is 0 Å². The summed E-state index contributed by atoms with van der Waals surface area (Å²) in [7, 11) is 0. The van der Waals surface area contributed by atoms with Gasteiger partial charge in [0.15, 0.2) is 5.82 Å². The Bertz CT molecular complexity index is 470. The van der Waals surface area contributed by atoms with Gasteiger partial charge in [-0.05, 0) is 6.07 Å². The lowest BCUT2D eigenvalue weighted by atomic mass is 10.4. The lowest BCUT2D eigenvalue weighted by Gasteiger charge is -1.98. The van der Waals surface area contributed by atoms with Crippen LogP contribution in [0.5, 0.6) is 0 Å². The summed E-state index contributed by atoms with van der Waals surface area (Å²) in [6.45, 7) is -0.460. The number of hydrogen-bond acceptors (Lipinski definition) is 5. The highest BCUT2D eigenvalue weighted by Crippen LogP contribution is 2.09. The predicted octanol–water partition coefficient (Wildman–Crippen LogP) is -0.335. The van der Waals surface area contributed by atoms with Crippen molar-refractivity contribution in [1.82, 2.24) is 19.6 Å². The number of nitrogens with zero attached hydrogens (tertiary/aromatic N) is 4. The Morgan fingerprint density at radius 3 is 2.71 bits per heavy atom. The number of aliphatic hydroxyl groups excluding tert-OH is 2. The molecule has 7 heteroatoms. The smallest absolute Gasteiger partial charge is 0.254 e. The van der Waals surface area contributed by atoms with Crippen molar-refractivity contribution in [2.45, 2.75) is 18.2 Å². The van der Waals surface area contributed by atoms with E-state index in [1.54, 1.807) is 0 Å². The van der Waals surface area contributed by atoms with Crippen molar-refractivity contribution < 1.29 is 10.2 Å². The van der Waals surface area contributed by atoms with Crippen molar-refractivity contribution in [2.24, 2.45) is 0 Å². The van der Waals surface area contributed by atoms with Crippen LogP contribution in [0.4, 0.5) is 0 Å². The zero-order chi connectivity index (χ0) is 10.1. The van der Waals surface area contributed by atoms with Crippen LogP contribution in [0.25, 0.3) is 5.78 Å². The lowest BCUT2D eigenvalue weighted by Crippen LogP contribution is -2.01. The van der Waals surface area contributed by atoms with E-state index in [2.05, 4.69) is 15.1 Å². The normalized spacial score (nSPS) is 11.0. The van der Waals surface area contributed by atoms with Crippen molar-refractivity contribution in [2.75, 3.05) is 0 Å². The average molecular weight is 211 g/mol. The molecule has 2 aromatic heterocycles. The fourth-order valence-electron chi connectivity index (χ4n) is 1.12. The van der Waals surface area contributed by atoms with Crippen LogP contribution in [0, 0.1) is 0 Å². The van der Waals surface area contributed by atoms with Gasteiger partial charge in [0.25, 0.3) is 5.78 Å². The molecule has 0 saturated heterocycles. The maximum absolute atomic E-state index is 9.02. The second kappa shape index (κ2) is 3.45. The third kappa shape index (κ3) is 1.41. The first-order valence-electron chi connectivity index (χ1n) is 3.89. The highest BCUT2D eigenvalue weighted by Gasteiger charge is 2.08. The minimum Gasteiger partial charge on any atom is -0.390 e. The van der Waals surface area contributed by atoms with Gasteiger partial charge in [-0.2, -0.15) is 14.5 Å². The van der Waals surface area contributed by atoms with Crippen molar-refractivity contribution in [1.29, 1.82) is 0 Å². The van der Waals surface area contributed by atoms with Gasteiger partial charge in [-0.25, -0.2) is 0 Å². The topological polar surface area (TPSA) is 83.5 Å². The molecule has 0 amide bonds. The van der Waals surface area contributed by atoms with Gasteiger partial charge >= 0.3 is 0 Å². The fourth-order valence-corrected chi connectivity index (χ4v) is 1.34. The Balaban J connectivity index is 2.71. The van der Waals surface area contributed by atoms with E-state index in [-0.39, 0.29) is 19.0 Å². The van der Waals surface area contributed by atoms with Gasteiger partial charge in [-0.1, -0.05) is 12.6 Å². The highest BCUT2D eigenvalue weighted by molar-refractivity contribution is 7.80. The third-order valence-electron chi connectivity index (χ3n) is 1.71. The summed E-state index contributed by atoms with van der Waals surface area (Å²) in [4.78, 5) is 7.85. The minimum atomic E-state index is -0.263. The van der Waals surface area contributed by atoms with Gasteiger partial charge in [0.2, 0.25) is 0 Å². The third-order valence-corrected chi connectivity index (χ3v) is 1.92. The summed E-state index contributed by atoms with van der Waals surface area (Å²) in [6.07, 6.45) is 0. The molecule has 0 saturated carbocycles. The maximum atomic E-state index is 9.02. The molecule has 0 bridgehead atoms. The van der Waals surface area contributed by atoms with E-state index in [1.807, 2.05) is 0 Å². The molecule has 2 aromatic rings. The monoisotopic (exact) mass is 211 g/mol. The second-order valence-electron chi connectivity index (χ2n) is 2.64. The van der Waals surface area contributed by atoms with Crippen molar-refractivity contribution >= 4 is 18.4 Å². The number of fused-ring (bicyclic) bond motifs is 1. The SMILES string of the molecule is OCc1nc2nc([S])cc(CO)n2n1. The number of rotatable bonds is 2. The van der Waals surface area contributed by atoms with Crippen LogP contribution in [-0.2, 0) is 13.2 Å². The molecule has 0 aliphatic heterocycles. The van der Waals surface area contributed by atoms with Gasteiger partial charge in [-0.15, -0.1) is 5.10 Å². The molecule has 1 radical (unpaired) electrons. The van der Waals surface area contributed by atoms with Crippen LogP contribution < -0.4 is 0 Å². The van der Waals surface area contributed by atoms with E-state index in [0.717, 1.165) is 0 Å². The van der Waals surface area contributed by atoms with Crippen LogP contribution in [0.2, 0.25) is 0 Å². The molecule has 0 aliphatic carbocycles. The largest absolute Gasteiger partial charge is 0.390 e. The van der Waals surface area contributed by atoms with Crippen LogP contribution in [0.3, 0.4) is 0 Å². The van der Waals surface area contributed by atoms with E-state index >= 15 is 0 Å². The molecule has 0 unspecified atom stereocenters. The van der Waals surface area contributed by atoms with Crippen molar-refractivity contribution in [3.05, 3.63) is 17.6 Å². The first-order valence-corrected chi connectivity index (χ1v) is 4.29. The van der Waals surface area contributed by atoms with Crippen molar-refractivity contribution in [3.63, 3.8) is 0 Å². The molecular formula is C7H7N4O2S. The summed E-state index contributed by atoms with van der Waals surface area (Å²) in [5, 5.41) is 22.1. The quantitative estimate of drug-likeness (QED) is 0.664. The lowest BCUT2D eigenvalue weighted by molar-refractivity contribution is 0.266.